The first kappa shape index (κ1) is 15.9. The summed E-state index contributed by atoms with van der Waals surface area (Å²) in [5.41, 5.74) is 6.06. The quantitative estimate of drug-likeness (QED) is 0.796. The van der Waals surface area contributed by atoms with Gasteiger partial charge in [-0.15, -0.1) is 0 Å². The maximum atomic E-state index is 13.3. The normalized spacial score (nSPS) is 11.8. The largest absolute Gasteiger partial charge is 0.444 e. The van der Waals surface area contributed by atoms with Crippen LogP contribution in [0.15, 0.2) is 25.9 Å². The minimum absolute atomic E-state index is 0.0138. The Morgan fingerprint density at radius 1 is 1.43 bits per heavy atom. The molecule has 0 unspecified atom stereocenters. The molecule has 0 atom stereocenters. The van der Waals surface area contributed by atoms with E-state index < -0.39 is 15.8 Å². The molecule has 114 valence electrons. The van der Waals surface area contributed by atoms with Gasteiger partial charge in [-0.3, -0.25) is 0 Å². The van der Waals surface area contributed by atoms with E-state index in [1.807, 2.05) is 0 Å². The second-order valence-corrected chi connectivity index (χ2v) is 6.97. The van der Waals surface area contributed by atoms with E-state index in [0.717, 1.165) is 12.1 Å². The Labute approximate surface area is 129 Å². The summed E-state index contributed by atoms with van der Waals surface area (Å²) < 4.78 is 45.2. The number of nitrogens with zero attached hydrogens (tertiary/aromatic N) is 1. The predicted molar refractivity (Wildman–Crippen MR) is 78.5 cm³/mol. The van der Waals surface area contributed by atoms with Gasteiger partial charge < -0.3 is 10.2 Å². The van der Waals surface area contributed by atoms with Crippen molar-refractivity contribution in [1.29, 1.82) is 0 Å². The van der Waals surface area contributed by atoms with Crippen molar-refractivity contribution in [1.82, 2.24) is 9.71 Å². The summed E-state index contributed by atoms with van der Waals surface area (Å²) in [6.07, 6.45) is 0. The molecule has 0 spiro atoms. The van der Waals surface area contributed by atoms with Crippen molar-refractivity contribution < 1.29 is 17.2 Å². The molecule has 0 saturated heterocycles. The lowest BCUT2D eigenvalue weighted by molar-refractivity contribution is 0.463. The van der Waals surface area contributed by atoms with E-state index >= 15 is 0 Å². The van der Waals surface area contributed by atoms with E-state index in [1.54, 1.807) is 13.8 Å². The molecule has 9 heteroatoms. The number of anilines is 1. The van der Waals surface area contributed by atoms with Crippen LogP contribution < -0.4 is 10.5 Å². The van der Waals surface area contributed by atoms with E-state index in [9.17, 15) is 12.8 Å². The van der Waals surface area contributed by atoms with E-state index in [4.69, 9.17) is 10.2 Å². The average Bonchev–Trinajstić information content (AvgIpc) is 2.71. The predicted octanol–water partition coefficient (Wildman–Crippen LogP) is 2.25. The SMILES string of the molecule is Cc1nc(CNS(=O)(=O)c2cc(Br)c(F)cc2N)oc1C. The average molecular weight is 378 g/mol. The van der Waals surface area contributed by atoms with Gasteiger partial charge in [-0.25, -0.2) is 22.5 Å². The summed E-state index contributed by atoms with van der Waals surface area (Å²) in [7, 11) is -3.90. The number of oxazole rings is 1. The summed E-state index contributed by atoms with van der Waals surface area (Å²) in [5, 5.41) is 0. The molecule has 0 radical (unpaired) electrons. The van der Waals surface area contributed by atoms with Gasteiger partial charge in [0.2, 0.25) is 15.9 Å². The molecule has 3 N–H and O–H groups in total. The highest BCUT2D eigenvalue weighted by Gasteiger charge is 2.20. The summed E-state index contributed by atoms with van der Waals surface area (Å²) in [6.45, 7) is 3.37. The number of nitrogens with one attached hydrogen (secondary N) is 1. The molecule has 2 rings (SSSR count). The summed E-state index contributed by atoms with van der Waals surface area (Å²) in [5.74, 6) is 0.229. The molecule has 1 aromatic carbocycles. The number of benzene rings is 1. The fourth-order valence-corrected chi connectivity index (χ4v) is 3.23. The van der Waals surface area contributed by atoms with Crippen molar-refractivity contribution in [2.45, 2.75) is 25.3 Å². The number of nitrogen functional groups attached to an aromatic ring is 1. The van der Waals surface area contributed by atoms with Crippen molar-refractivity contribution in [3.63, 3.8) is 0 Å². The van der Waals surface area contributed by atoms with Gasteiger partial charge in [0.25, 0.3) is 0 Å². The van der Waals surface area contributed by atoms with Crippen LogP contribution in [-0.2, 0) is 16.6 Å². The fraction of sp³-hybridized carbons (Fsp3) is 0.250. The minimum Gasteiger partial charge on any atom is -0.444 e. The molecular formula is C12H13BrFN3O3S. The van der Waals surface area contributed by atoms with Crippen LogP contribution in [0.2, 0.25) is 0 Å². The summed E-state index contributed by atoms with van der Waals surface area (Å²) >= 11 is 2.93. The van der Waals surface area contributed by atoms with Gasteiger partial charge in [0.1, 0.15) is 16.5 Å². The molecular weight excluding hydrogens is 365 g/mol. The van der Waals surface area contributed by atoms with Gasteiger partial charge in [0.15, 0.2) is 0 Å². The zero-order chi connectivity index (χ0) is 15.8. The second kappa shape index (κ2) is 5.74. The summed E-state index contributed by atoms with van der Waals surface area (Å²) in [6, 6.07) is 2.05. The van der Waals surface area contributed by atoms with Crippen molar-refractivity contribution in [2.24, 2.45) is 0 Å². The number of nitrogens with two attached hydrogens (primary N) is 1. The van der Waals surface area contributed by atoms with Gasteiger partial charge in [-0.05, 0) is 41.9 Å². The van der Waals surface area contributed by atoms with Gasteiger partial charge >= 0.3 is 0 Å². The second-order valence-electron chi connectivity index (χ2n) is 4.38. The number of rotatable bonds is 4. The molecule has 6 nitrogen and oxygen atoms in total. The molecule has 0 aliphatic rings. The highest BCUT2D eigenvalue weighted by Crippen LogP contribution is 2.26. The molecule has 0 bridgehead atoms. The van der Waals surface area contributed by atoms with E-state index in [1.165, 1.54) is 0 Å². The lowest BCUT2D eigenvalue weighted by atomic mass is 10.3. The van der Waals surface area contributed by atoms with Crippen LogP contribution in [0.1, 0.15) is 17.3 Å². The van der Waals surface area contributed by atoms with Crippen LogP contribution in [0.4, 0.5) is 10.1 Å². The van der Waals surface area contributed by atoms with Gasteiger partial charge in [-0.1, -0.05) is 0 Å². The highest BCUT2D eigenvalue weighted by molar-refractivity contribution is 9.10. The molecule has 1 heterocycles. The third-order valence-electron chi connectivity index (χ3n) is 2.83. The minimum atomic E-state index is -3.90. The first-order valence-electron chi connectivity index (χ1n) is 5.88. The van der Waals surface area contributed by atoms with Crippen molar-refractivity contribution in [2.75, 3.05) is 5.73 Å². The first-order chi connectivity index (χ1) is 9.70. The Bertz CT molecular complexity index is 770. The van der Waals surface area contributed by atoms with Crippen molar-refractivity contribution in [3.05, 3.63) is 39.8 Å². The molecule has 0 saturated carbocycles. The standard InChI is InChI=1S/C12H13BrFN3O3S/c1-6-7(2)20-12(17-6)5-16-21(18,19)11-3-8(13)9(14)4-10(11)15/h3-4,16H,5,15H2,1-2H3. The van der Waals surface area contributed by atoms with Crippen molar-refractivity contribution >= 4 is 31.6 Å². The number of hydrogen-bond acceptors (Lipinski definition) is 5. The van der Waals surface area contributed by atoms with Gasteiger partial charge in [0, 0.05) is 0 Å². The Morgan fingerprint density at radius 2 is 2.10 bits per heavy atom. The van der Waals surface area contributed by atoms with Crippen LogP contribution in [-0.4, -0.2) is 13.4 Å². The molecule has 0 amide bonds. The monoisotopic (exact) mass is 377 g/mol. The maximum absolute atomic E-state index is 13.3. The molecule has 21 heavy (non-hydrogen) atoms. The molecule has 2 aromatic rings. The zero-order valence-corrected chi connectivity index (χ0v) is 13.7. The molecule has 1 aromatic heterocycles. The third kappa shape index (κ3) is 3.42. The number of aromatic nitrogens is 1. The van der Waals surface area contributed by atoms with E-state index in [-0.39, 0.29) is 27.5 Å². The lowest BCUT2D eigenvalue weighted by Crippen LogP contribution is -2.24. The maximum Gasteiger partial charge on any atom is 0.243 e. The van der Waals surface area contributed by atoms with Gasteiger partial charge in [-0.2, -0.15) is 0 Å². The molecule has 0 fully saturated rings. The number of sulfonamides is 1. The Kier molecular flexibility index (Phi) is 4.35. The molecule has 0 aliphatic heterocycles. The highest BCUT2D eigenvalue weighted by atomic mass is 79.9. The third-order valence-corrected chi connectivity index (χ3v) is 4.89. The number of aryl methyl sites for hydroxylation is 2. The lowest BCUT2D eigenvalue weighted by Gasteiger charge is -2.09. The van der Waals surface area contributed by atoms with Crippen LogP contribution >= 0.6 is 15.9 Å². The fourth-order valence-electron chi connectivity index (χ4n) is 1.63. The summed E-state index contributed by atoms with van der Waals surface area (Å²) in [4.78, 5) is 3.85. The number of halogens is 2. The van der Waals surface area contributed by atoms with Crippen LogP contribution in [0, 0.1) is 19.7 Å². The van der Waals surface area contributed by atoms with Crippen molar-refractivity contribution in [3.8, 4) is 0 Å². The topological polar surface area (TPSA) is 98.2 Å². The van der Waals surface area contributed by atoms with E-state index in [0.29, 0.717) is 11.5 Å². The number of hydrogen-bond donors (Lipinski definition) is 2. The smallest absolute Gasteiger partial charge is 0.243 e. The van der Waals surface area contributed by atoms with Crippen LogP contribution in [0.3, 0.4) is 0 Å². The van der Waals surface area contributed by atoms with Gasteiger partial charge in [0.05, 0.1) is 22.4 Å². The van der Waals surface area contributed by atoms with Crippen LogP contribution in [0.25, 0.3) is 0 Å². The Morgan fingerprint density at radius 3 is 2.67 bits per heavy atom. The van der Waals surface area contributed by atoms with E-state index in [2.05, 4.69) is 25.6 Å². The van der Waals surface area contributed by atoms with Crippen LogP contribution in [0.5, 0.6) is 0 Å². The Balaban J connectivity index is 2.24. The zero-order valence-electron chi connectivity index (χ0n) is 11.3. The molecule has 0 aliphatic carbocycles. The first-order valence-corrected chi connectivity index (χ1v) is 8.15. The Hall–Kier alpha value is -1.45.